The Balaban J connectivity index is 1.37. The number of nitrogens with zero attached hydrogens (tertiary/aromatic N) is 3. The van der Waals surface area contributed by atoms with Crippen LogP contribution in [-0.2, 0) is 23.9 Å². The van der Waals surface area contributed by atoms with Gasteiger partial charge in [0.05, 0.1) is 18.0 Å². The molecule has 2 fully saturated rings. The van der Waals surface area contributed by atoms with Gasteiger partial charge in [0.25, 0.3) is 0 Å². The zero-order valence-corrected chi connectivity index (χ0v) is 28.0. The number of nitriles is 1. The molecule has 0 bridgehead atoms. The molecule has 2 unspecified atom stereocenters. The Morgan fingerprint density at radius 2 is 1.93 bits per heavy atom. The Labute approximate surface area is 273 Å². The van der Waals surface area contributed by atoms with Gasteiger partial charge in [0, 0.05) is 30.3 Å². The maximum atomic E-state index is 14.0. The standard InChI is InChI=1S/C30H39ClN5O8PS/c1-3-42-16-19(2)35-45(39,44-21-11-5-4-6-12-21)18-46(40,41)17-24-26(37)27(38)30(43-24)36-14-13-22-25(33-20-9-7-8-10-20)23(15-32)28(31)34-29(22)36/h4-6,11-14,19-20,24,26-27,30,37-38H,3,7-10,16-18H2,1-2H3,(H,33,34)(H,35,39)/t19-,24?,26+,27+,30+,45?/m0/s1. The van der Waals surface area contributed by atoms with E-state index >= 15 is 0 Å². The second-order valence-electron chi connectivity index (χ2n) is 11.7. The molecular weight excluding hydrogens is 657 g/mol. The average molecular weight is 696 g/mol. The fourth-order valence-electron chi connectivity index (χ4n) is 5.94. The maximum Gasteiger partial charge on any atom is 0.331 e. The van der Waals surface area contributed by atoms with Crippen LogP contribution in [0.3, 0.4) is 0 Å². The topological polar surface area (TPSA) is 185 Å². The van der Waals surface area contributed by atoms with Gasteiger partial charge in [0.15, 0.2) is 26.7 Å². The first-order valence-electron chi connectivity index (χ1n) is 15.2. The molecule has 3 aromatic rings. The van der Waals surface area contributed by atoms with Gasteiger partial charge in [0.2, 0.25) is 0 Å². The van der Waals surface area contributed by atoms with Gasteiger partial charge in [-0.15, -0.1) is 0 Å². The number of rotatable bonds is 14. The predicted molar refractivity (Wildman–Crippen MR) is 174 cm³/mol. The first-order valence-corrected chi connectivity index (χ1v) is 19.2. The number of hydrogen-bond donors (Lipinski definition) is 4. The molecule has 3 heterocycles. The molecule has 1 aromatic carbocycles. The third-order valence-electron chi connectivity index (χ3n) is 8.01. The van der Waals surface area contributed by atoms with E-state index in [-0.39, 0.29) is 34.8 Å². The van der Waals surface area contributed by atoms with E-state index in [2.05, 4.69) is 21.5 Å². The number of nitrogens with one attached hydrogen (secondary N) is 2. The number of anilines is 1. The smallest absolute Gasteiger partial charge is 0.331 e. The molecule has 2 aliphatic rings. The summed E-state index contributed by atoms with van der Waals surface area (Å²) in [5.41, 5.74) is 0.116. The number of aliphatic hydroxyl groups is 2. The SMILES string of the molecule is CCOC[C@H](C)NP(=O)(CS(=O)(=O)CC1O[C@@H](n2ccc3c(NC4CCCC4)c(C#N)c(Cl)nc32)[C@H](O)[C@@H]1O)Oc1ccccc1. The summed E-state index contributed by atoms with van der Waals surface area (Å²) in [6, 6.07) is 11.7. The number of aliphatic hydroxyl groups excluding tert-OH is 2. The molecule has 2 aromatic heterocycles. The molecule has 1 aliphatic carbocycles. The first kappa shape index (κ1) is 34.6. The third-order valence-corrected chi connectivity index (χ3v) is 13.4. The van der Waals surface area contributed by atoms with E-state index in [1.807, 2.05) is 6.92 Å². The average Bonchev–Trinajstić information content (AvgIpc) is 3.73. The van der Waals surface area contributed by atoms with Crippen molar-refractivity contribution in [3.63, 3.8) is 0 Å². The van der Waals surface area contributed by atoms with Crippen molar-refractivity contribution in [1.82, 2.24) is 14.6 Å². The van der Waals surface area contributed by atoms with Crippen LogP contribution in [0.25, 0.3) is 11.0 Å². The van der Waals surface area contributed by atoms with Crippen molar-refractivity contribution in [2.45, 2.75) is 76.2 Å². The second-order valence-corrected chi connectivity index (χ2v) is 16.7. The van der Waals surface area contributed by atoms with Gasteiger partial charge in [-0.1, -0.05) is 42.6 Å². The number of pyridine rings is 1. The van der Waals surface area contributed by atoms with Crippen molar-refractivity contribution >= 4 is 45.7 Å². The van der Waals surface area contributed by atoms with Crippen LogP contribution in [0.5, 0.6) is 5.75 Å². The monoisotopic (exact) mass is 695 g/mol. The van der Waals surface area contributed by atoms with E-state index < -0.39 is 59.2 Å². The van der Waals surface area contributed by atoms with Gasteiger partial charge in [0.1, 0.15) is 41.3 Å². The Morgan fingerprint density at radius 3 is 2.61 bits per heavy atom. The number of benzene rings is 1. The van der Waals surface area contributed by atoms with Gasteiger partial charge >= 0.3 is 7.52 Å². The summed E-state index contributed by atoms with van der Waals surface area (Å²) in [5.74, 6) is -0.525. The summed E-state index contributed by atoms with van der Waals surface area (Å²) in [4.78, 5) is 4.39. The van der Waals surface area contributed by atoms with E-state index in [4.69, 9.17) is 25.6 Å². The Bertz CT molecular complexity index is 1710. The van der Waals surface area contributed by atoms with Gasteiger partial charge < -0.3 is 34.1 Å². The van der Waals surface area contributed by atoms with Crippen LogP contribution < -0.4 is 14.9 Å². The molecule has 1 saturated heterocycles. The van der Waals surface area contributed by atoms with Crippen molar-refractivity contribution < 1.29 is 37.2 Å². The molecule has 0 amide bonds. The number of halogens is 1. The minimum atomic E-state index is -4.22. The van der Waals surface area contributed by atoms with Crippen molar-refractivity contribution in [2.24, 2.45) is 0 Å². The van der Waals surface area contributed by atoms with Crippen molar-refractivity contribution in [3.8, 4) is 11.8 Å². The number of aromatic nitrogens is 2. The zero-order valence-electron chi connectivity index (χ0n) is 25.6. The summed E-state index contributed by atoms with van der Waals surface area (Å²) in [5, 5.41) is 38.5. The van der Waals surface area contributed by atoms with Crippen molar-refractivity contribution in [1.29, 1.82) is 5.26 Å². The summed E-state index contributed by atoms with van der Waals surface area (Å²) in [7, 11) is -8.27. The fourth-order valence-corrected chi connectivity index (χ4v) is 11.2. The van der Waals surface area contributed by atoms with E-state index in [1.165, 1.54) is 4.57 Å². The number of fused-ring (bicyclic) bond motifs is 1. The minimum absolute atomic E-state index is 0.0390. The van der Waals surface area contributed by atoms with Gasteiger partial charge in [-0.3, -0.25) is 4.57 Å². The quantitative estimate of drug-likeness (QED) is 0.139. The fraction of sp³-hybridized carbons (Fsp3) is 0.533. The third kappa shape index (κ3) is 7.86. The lowest BCUT2D eigenvalue weighted by atomic mass is 10.1. The number of hydrogen-bond acceptors (Lipinski definition) is 11. The molecule has 13 nitrogen and oxygen atoms in total. The molecule has 16 heteroatoms. The molecular formula is C30H39ClN5O8PS. The highest BCUT2D eigenvalue weighted by atomic mass is 35.5. The molecule has 250 valence electrons. The Hall–Kier alpha value is -2.73. The highest BCUT2D eigenvalue weighted by Gasteiger charge is 2.47. The van der Waals surface area contributed by atoms with Gasteiger partial charge in [-0.25, -0.2) is 18.5 Å². The molecule has 6 atom stereocenters. The van der Waals surface area contributed by atoms with Gasteiger partial charge in [-0.05, 0) is 44.9 Å². The highest BCUT2D eigenvalue weighted by Crippen LogP contribution is 2.46. The van der Waals surface area contributed by atoms with Crippen LogP contribution in [0.2, 0.25) is 5.15 Å². The Kier molecular flexibility index (Phi) is 11.0. The summed E-state index contributed by atoms with van der Waals surface area (Å²) in [6.07, 6.45) is -0.0897. The molecule has 5 rings (SSSR count). The van der Waals surface area contributed by atoms with Crippen LogP contribution >= 0.6 is 19.1 Å². The van der Waals surface area contributed by atoms with Crippen LogP contribution in [0, 0.1) is 11.3 Å². The van der Waals surface area contributed by atoms with Crippen LogP contribution in [-0.4, -0.2) is 83.0 Å². The lowest BCUT2D eigenvalue weighted by Crippen LogP contribution is -2.37. The predicted octanol–water partition coefficient (Wildman–Crippen LogP) is 4.19. The van der Waals surface area contributed by atoms with Crippen molar-refractivity contribution in [3.05, 3.63) is 53.3 Å². The van der Waals surface area contributed by atoms with Crippen LogP contribution in [0.15, 0.2) is 42.6 Å². The Morgan fingerprint density at radius 1 is 1.22 bits per heavy atom. The van der Waals surface area contributed by atoms with E-state index in [1.54, 1.807) is 49.5 Å². The summed E-state index contributed by atoms with van der Waals surface area (Å²) < 4.78 is 59.5. The number of sulfone groups is 1. The van der Waals surface area contributed by atoms with Crippen LogP contribution in [0.4, 0.5) is 5.69 Å². The molecule has 0 radical (unpaired) electrons. The molecule has 46 heavy (non-hydrogen) atoms. The maximum absolute atomic E-state index is 14.0. The van der Waals surface area contributed by atoms with E-state index in [0.717, 1.165) is 25.7 Å². The van der Waals surface area contributed by atoms with Crippen LogP contribution in [0.1, 0.15) is 51.3 Å². The summed E-state index contributed by atoms with van der Waals surface area (Å²) >= 11 is 6.42. The number of para-hydroxylation sites is 1. The van der Waals surface area contributed by atoms with E-state index in [9.17, 15) is 28.5 Å². The lowest BCUT2D eigenvalue weighted by Gasteiger charge is -2.25. The molecule has 1 saturated carbocycles. The zero-order chi connectivity index (χ0) is 33.1. The normalized spacial score (nSPS) is 24.1. The number of ether oxygens (including phenoxy) is 2. The van der Waals surface area contributed by atoms with Crippen molar-refractivity contribution in [2.75, 3.05) is 29.8 Å². The molecule has 1 aliphatic heterocycles. The lowest BCUT2D eigenvalue weighted by molar-refractivity contribution is -0.0288. The van der Waals surface area contributed by atoms with Gasteiger partial charge in [-0.2, -0.15) is 5.26 Å². The second kappa shape index (κ2) is 14.6. The van der Waals surface area contributed by atoms with E-state index in [0.29, 0.717) is 17.7 Å². The molecule has 4 N–H and O–H groups in total. The first-order chi connectivity index (χ1) is 21.9. The minimum Gasteiger partial charge on any atom is -0.432 e. The largest absolute Gasteiger partial charge is 0.432 e. The molecule has 0 spiro atoms. The highest BCUT2D eigenvalue weighted by molar-refractivity contribution is 7.98. The summed E-state index contributed by atoms with van der Waals surface area (Å²) in [6.45, 7) is 4.10.